The lowest BCUT2D eigenvalue weighted by atomic mass is 9.71. The van der Waals surface area contributed by atoms with Gasteiger partial charge in [-0.2, -0.15) is 4.31 Å². The van der Waals surface area contributed by atoms with Gasteiger partial charge in [0.2, 0.25) is 10.0 Å². The van der Waals surface area contributed by atoms with Crippen molar-refractivity contribution in [3.05, 3.63) is 101 Å². The molecule has 5 nitrogen and oxygen atoms in total. The number of carbonyl (C=O) groups is 1. The molecule has 1 unspecified atom stereocenters. The predicted octanol–water partition coefficient (Wildman–Crippen LogP) is 4.39. The van der Waals surface area contributed by atoms with E-state index in [1.54, 1.807) is 36.4 Å². The number of piperidine rings is 1. The fraction of sp³-hybridized carbons (Fsp3) is 0.296. The summed E-state index contributed by atoms with van der Waals surface area (Å²) in [6, 6.07) is 21.4. The van der Waals surface area contributed by atoms with Gasteiger partial charge in [0.25, 0.3) is 0 Å². The Hall–Kier alpha value is -2.80. The van der Waals surface area contributed by atoms with Crippen molar-refractivity contribution in [2.45, 2.75) is 37.7 Å². The molecule has 0 spiro atoms. The number of sulfonamides is 1. The number of rotatable bonds is 5. The van der Waals surface area contributed by atoms with E-state index in [1.807, 2.05) is 57.2 Å². The zero-order valence-electron chi connectivity index (χ0n) is 19.2. The van der Waals surface area contributed by atoms with Crippen LogP contribution in [0.15, 0.2) is 77.7 Å². The van der Waals surface area contributed by atoms with Crippen molar-refractivity contribution in [2.24, 2.45) is 5.92 Å². The van der Waals surface area contributed by atoms with Crippen LogP contribution >= 0.6 is 0 Å². The van der Waals surface area contributed by atoms with Gasteiger partial charge in [0.15, 0.2) is 5.78 Å². The average molecular weight is 464 g/mol. The van der Waals surface area contributed by atoms with E-state index >= 15 is 0 Å². The maximum absolute atomic E-state index is 13.8. The Morgan fingerprint density at radius 1 is 0.909 bits per heavy atom. The van der Waals surface area contributed by atoms with Crippen LogP contribution in [0, 0.1) is 26.7 Å². The first-order chi connectivity index (χ1) is 15.6. The van der Waals surface area contributed by atoms with E-state index in [-0.39, 0.29) is 30.2 Å². The molecule has 0 aromatic heterocycles. The Bertz CT molecular complexity index is 1280. The summed E-state index contributed by atoms with van der Waals surface area (Å²) in [5, 5.41) is 12.0. The molecule has 172 valence electrons. The summed E-state index contributed by atoms with van der Waals surface area (Å²) < 4.78 is 28.2. The van der Waals surface area contributed by atoms with Crippen LogP contribution in [0.4, 0.5) is 0 Å². The van der Waals surface area contributed by atoms with Crippen molar-refractivity contribution in [1.29, 1.82) is 0 Å². The Kier molecular flexibility index (Phi) is 6.27. The minimum atomic E-state index is -3.81. The highest BCUT2D eigenvalue weighted by atomic mass is 32.2. The molecule has 1 aliphatic heterocycles. The highest BCUT2D eigenvalue weighted by Crippen LogP contribution is 2.42. The van der Waals surface area contributed by atoms with Crippen LogP contribution in [0.1, 0.15) is 39.0 Å². The molecule has 1 saturated heterocycles. The first kappa shape index (κ1) is 23.4. The van der Waals surface area contributed by atoms with Gasteiger partial charge in [-0.1, -0.05) is 66.2 Å². The lowest BCUT2D eigenvalue weighted by molar-refractivity contribution is -0.0500. The molecule has 3 aromatic carbocycles. The highest BCUT2D eigenvalue weighted by Gasteiger charge is 2.49. The molecule has 0 aliphatic carbocycles. The van der Waals surface area contributed by atoms with Gasteiger partial charge in [-0.15, -0.1) is 0 Å². The number of benzene rings is 3. The number of nitrogens with zero attached hydrogens (tertiary/aromatic N) is 1. The minimum absolute atomic E-state index is 0.0891. The molecule has 33 heavy (non-hydrogen) atoms. The SMILES string of the molecule is Cc1ccc(S(=O)(=O)N2CC[C@@](O)(c3ccccc3C)C(C(=O)c3ccccc3C)C2)cc1. The number of hydrogen-bond acceptors (Lipinski definition) is 4. The Morgan fingerprint density at radius 3 is 2.15 bits per heavy atom. The number of aliphatic hydroxyl groups is 1. The van der Waals surface area contributed by atoms with Crippen LogP contribution < -0.4 is 0 Å². The van der Waals surface area contributed by atoms with E-state index < -0.39 is 21.5 Å². The van der Waals surface area contributed by atoms with Crippen molar-refractivity contribution < 1.29 is 18.3 Å². The number of ketones is 1. The molecule has 4 rings (SSSR count). The van der Waals surface area contributed by atoms with E-state index in [0.29, 0.717) is 11.1 Å². The molecule has 1 fully saturated rings. The van der Waals surface area contributed by atoms with Crippen molar-refractivity contribution in [3.8, 4) is 0 Å². The van der Waals surface area contributed by atoms with Crippen molar-refractivity contribution in [3.63, 3.8) is 0 Å². The van der Waals surface area contributed by atoms with Gasteiger partial charge >= 0.3 is 0 Å². The van der Waals surface area contributed by atoms with Crippen LogP contribution in [-0.4, -0.2) is 36.7 Å². The van der Waals surface area contributed by atoms with Gasteiger partial charge in [0, 0.05) is 18.7 Å². The van der Waals surface area contributed by atoms with Crippen LogP contribution in [0.25, 0.3) is 0 Å². The molecule has 0 bridgehead atoms. The van der Waals surface area contributed by atoms with Gasteiger partial charge < -0.3 is 5.11 Å². The predicted molar refractivity (Wildman–Crippen MR) is 129 cm³/mol. The zero-order valence-corrected chi connectivity index (χ0v) is 20.0. The zero-order chi connectivity index (χ0) is 23.8. The van der Waals surface area contributed by atoms with Crippen molar-refractivity contribution >= 4 is 15.8 Å². The van der Waals surface area contributed by atoms with Gasteiger partial charge in [-0.25, -0.2) is 8.42 Å². The summed E-state index contributed by atoms with van der Waals surface area (Å²) in [7, 11) is -3.81. The van der Waals surface area contributed by atoms with E-state index in [1.165, 1.54) is 4.31 Å². The normalized spacial score (nSPS) is 21.6. The van der Waals surface area contributed by atoms with E-state index in [2.05, 4.69) is 0 Å². The van der Waals surface area contributed by atoms with E-state index in [9.17, 15) is 18.3 Å². The Morgan fingerprint density at radius 2 is 1.52 bits per heavy atom. The molecule has 6 heteroatoms. The third-order valence-corrected chi connectivity index (χ3v) is 8.58. The van der Waals surface area contributed by atoms with Crippen LogP contribution in [0.3, 0.4) is 0 Å². The molecule has 1 aliphatic rings. The van der Waals surface area contributed by atoms with Gasteiger partial charge in [0.1, 0.15) is 5.60 Å². The topological polar surface area (TPSA) is 74.7 Å². The lowest BCUT2D eigenvalue weighted by Gasteiger charge is -2.44. The molecule has 1 heterocycles. The molecule has 0 amide bonds. The monoisotopic (exact) mass is 463 g/mol. The molecule has 2 atom stereocenters. The number of hydrogen-bond donors (Lipinski definition) is 1. The minimum Gasteiger partial charge on any atom is -0.384 e. The second kappa shape index (κ2) is 8.86. The highest BCUT2D eigenvalue weighted by molar-refractivity contribution is 7.89. The third kappa shape index (κ3) is 4.26. The fourth-order valence-electron chi connectivity index (χ4n) is 4.71. The van der Waals surface area contributed by atoms with E-state index in [4.69, 9.17) is 0 Å². The van der Waals surface area contributed by atoms with Gasteiger partial charge in [0.05, 0.1) is 10.8 Å². The summed E-state index contributed by atoms with van der Waals surface area (Å²) in [6.45, 7) is 5.69. The Labute approximate surface area is 195 Å². The number of aryl methyl sites for hydroxylation is 3. The maximum atomic E-state index is 13.8. The van der Waals surface area contributed by atoms with E-state index in [0.717, 1.165) is 16.7 Å². The second-order valence-electron chi connectivity index (χ2n) is 8.90. The quantitative estimate of drug-likeness (QED) is 0.570. The summed E-state index contributed by atoms with van der Waals surface area (Å²) in [5.41, 5.74) is 2.34. The van der Waals surface area contributed by atoms with Gasteiger partial charge in [-0.3, -0.25) is 4.79 Å². The maximum Gasteiger partial charge on any atom is 0.243 e. The van der Waals surface area contributed by atoms with Crippen molar-refractivity contribution in [1.82, 2.24) is 4.31 Å². The van der Waals surface area contributed by atoms with Gasteiger partial charge in [-0.05, 0) is 56.0 Å². The summed E-state index contributed by atoms with van der Waals surface area (Å²) in [5.74, 6) is -1.18. The lowest BCUT2D eigenvalue weighted by Crippen LogP contribution is -2.54. The summed E-state index contributed by atoms with van der Waals surface area (Å²) in [4.78, 5) is 14.0. The molecule has 0 radical (unpaired) electrons. The largest absolute Gasteiger partial charge is 0.384 e. The summed E-state index contributed by atoms with van der Waals surface area (Å²) in [6.07, 6.45) is 0.130. The molecule has 1 N–H and O–H groups in total. The standard InChI is InChI=1S/C27H29NO4S/c1-19-12-14-22(15-13-19)33(31,32)28-17-16-27(30,24-11-7-5-9-21(24)3)25(18-28)26(29)23-10-6-4-8-20(23)2/h4-15,25,30H,16-18H2,1-3H3/t25?,27-/m1/s1. The number of carbonyl (C=O) groups excluding carboxylic acids is 1. The van der Waals surface area contributed by atoms with Crippen LogP contribution in [-0.2, 0) is 15.6 Å². The molecule has 3 aromatic rings. The fourth-order valence-corrected chi connectivity index (χ4v) is 6.17. The smallest absolute Gasteiger partial charge is 0.243 e. The first-order valence-corrected chi connectivity index (χ1v) is 12.5. The molecular weight excluding hydrogens is 434 g/mol. The molecule has 0 saturated carbocycles. The second-order valence-corrected chi connectivity index (χ2v) is 10.8. The summed E-state index contributed by atoms with van der Waals surface area (Å²) >= 11 is 0. The average Bonchev–Trinajstić information content (AvgIpc) is 2.79. The van der Waals surface area contributed by atoms with Crippen LogP contribution in [0.2, 0.25) is 0 Å². The first-order valence-electron chi connectivity index (χ1n) is 11.1. The van der Waals surface area contributed by atoms with Crippen molar-refractivity contribution in [2.75, 3.05) is 13.1 Å². The van der Waals surface area contributed by atoms with Crippen LogP contribution in [0.5, 0.6) is 0 Å². The Balaban J connectivity index is 1.78. The third-order valence-electron chi connectivity index (χ3n) is 6.70. The number of Topliss-reactive ketones (excluding diaryl/α,β-unsaturated/α-hetero) is 1. The molecular formula is C27H29NO4S.